The van der Waals surface area contributed by atoms with Gasteiger partial charge in [-0.25, -0.2) is 0 Å². The zero-order valence-electron chi connectivity index (χ0n) is 14.9. The molecule has 26 heavy (non-hydrogen) atoms. The van der Waals surface area contributed by atoms with Crippen LogP contribution in [0.2, 0.25) is 0 Å². The normalized spacial score (nSPS) is 13.5. The van der Waals surface area contributed by atoms with Crippen LogP contribution >= 0.6 is 0 Å². The minimum atomic E-state index is -1.36. The van der Waals surface area contributed by atoms with E-state index in [0.29, 0.717) is 22.3 Å². The van der Waals surface area contributed by atoms with Gasteiger partial charge in [0.05, 0.1) is 23.7 Å². The molecule has 0 radical (unpaired) electrons. The van der Waals surface area contributed by atoms with Crippen LogP contribution in [0.4, 0.5) is 0 Å². The van der Waals surface area contributed by atoms with Gasteiger partial charge in [0.15, 0.2) is 0 Å². The van der Waals surface area contributed by atoms with Crippen LogP contribution in [0.25, 0.3) is 21.9 Å². The molecule has 0 amide bonds. The Labute approximate surface area is 149 Å². The summed E-state index contributed by atoms with van der Waals surface area (Å²) in [5, 5.41) is 40.6. The Bertz CT molecular complexity index is 1040. The van der Waals surface area contributed by atoms with E-state index in [-0.39, 0.29) is 35.1 Å². The van der Waals surface area contributed by atoms with Crippen molar-refractivity contribution < 1.29 is 24.8 Å². The number of aliphatic hydroxyl groups is 3. The Morgan fingerprint density at radius 2 is 1.88 bits per heavy atom. The van der Waals surface area contributed by atoms with Gasteiger partial charge >= 0.3 is 0 Å². The molecule has 0 spiro atoms. The summed E-state index contributed by atoms with van der Waals surface area (Å²) in [6.45, 7) is 4.35. The number of fused-ring (bicyclic) bond motifs is 2. The number of aliphatic hydroxyl groups excluding tert-OH is 2. The van der Waals surface area contributed by atoms with E-state index in [9.17, 15) is 25.2 Å². The van der Waals surface area contributed by atoms with Gasteiger partial charge in [-0.15, -0.1) is 0 Å². The lowest BCUT2D eigenvalue weighted by Crippen LogP contribution is -2.37. The number of phenols is 1. The van der Waals surface area contributed by atoms with Crippen LogP contribution in [0.3, 0.4) is 0 Å². The molecule has 0 bridgehead atoms. The van der Waals surface area contributed by atoms with E-state index in [1.165, 1.54) is 13.8 Å². The smallest absolute Gasteiger partial charge is 0.204 e. The fraction of sp³-hybridized carbons (Fsp3) is 0.350. The number of aromatic hydroxyl groups is 1. The molecule has 1 aromatic heterocycles. The fourth-order valence-electron chi connectivity index (χ4n) is 3.11. The zero-order valence-corrected chi connectivity index (χ0v) is 14.9. The molecule has 0 saturated heterocycles. The molecule has 0 unspecified atom stereocenters. The van der Waals surface area contributed by atoms with Gasteiger partial charge in [-0.2, -0.15) is 0 Å². The summed E-state index contributed by atoms with van der Waals surface area (Å²) in [6, 6.07) is 6.57. The molecule has 0 fully saturated rings. The quantitative estimate of drug-likeness (QED) is 0.532. The van der Waals surface area contributed by atoms with E-state index >= 15 is 0 Å². The number of phenolic OH excluding ortho intramolecular Hbond substituents is 1. The number of benzene rings is 2. The summed E-state index contributed by atoms with van der Waals surface area (Å²) in [7, 11) is 0. The van der Waals surface area contributed by atoms with Crippen molar-refractivity contribution in [1.29, 1.82) is 0 Å². The summed E-state index contributed by atoms with van der Waals surface area (Å²) >= 11 is 0. The SMILES string of the molecule is Cc1cc2oc3cccc(CO)c3c(=O)c2c(O)c1C[C@@H](O)C(C)(C)O. The van der Waals surface area contributed by atoms with Crippen LogP contribution in [0.5, 0.6) is 5.75 Å². The molecule has 0 aliphatic carbocycles. The summed E-state index contributed by atoms with van der Waals surface area (Å²) in [4.78, 5) is 13.0. The highest BCUT2D eigenvalue weighted by molar-refractivity contribution is 5.95. The molecular weight excluding hydrogens is 336 g/mol. The highest BCUT2D eigenvalue weighted by Crippen LogP contribution is 2.34. The number of hydrogen-bond acceptors (Lipinski definition) is 6. The maximum atomic E-state index is 13.0. The molecule has 138 valence electrons. The largest absolute Gasteiger partial charge is 0.507 e. The molecule has 1 heterocycles. The Morgan fingerprint density at radius 3 is 2.50 bits per heavy atom. The van der Waals surface area contributed by atoms with E-state index in [4.69, 9.17) is 4.42 Å². The van der Waals surface area contributed by atoms with Gasteiger partial charge in [0.25, 0.3) is 0 Å². The van der Waals surface area contributed by atoms with Crippen molar-refractivity contribution in [2.75, 3.05) is 0 Å². The van der Waals surface area contributed by atoms with Crippen LogP contribution in [0.1, 0.15) is 30.5 Å². The molecule has 3 aromatic rings. The van der Waals surface area contributed by atoms with Crippen LogP contribution in [0, 0.1) is 6.92 Å². The molecule has 4 N–H and O–H groups in total. The number of rotatable bonds is 4. The zero-order chi connectivity index (χ0) is 19.2. The second-order valence-electron chi connectivity index (χ2n) is 7.15. The summed E-state index contributed by atoms with van der Waals surface area (Å²) < 4.78 is 5.78. The summed E-state index contributed by atoms with van der Waals surface area (Å²) in [5.74, 6) is -0.272. The second-order valence-corrected chi connectivity index (χ2v) is 7.15. The van der Waals surface area contributed by atoms with E-state index in [2.05, 4.69) is 0 Å². The molecule has 6 heteroatoms. The predicted molar refractivity (Wildman–Crippen MR) is 98.3 cm³/mol. The third-order valence-corrected chi connectivity index (χ3v) is 4.76. The first-order chi connectivity index (χ1) is 12.1. The van der Waals surface area contributed by atoms with Gasteiger partial charge in [-0.05, 0) is 44.0 Å². The first-order valence-corrected chi connectivity index (χ1v) is 8.36. The molecule has 0 aliphatic heterocycles. The molecule has 2 aromatic carbocycles. The molecule has 0 saturated carbocycles. The van der Waals surface area contributed by atoms with Gasteiger partial charge in [0.2, 0.25) is 5.43 Å². The monoisotopic (exact) mass is 358 g/mol. The van der Waals surface area contributed by atoms with Crippen molar-refractivity contribution in [3.8, 4) is 5.75 Å². The Kier molecular flexibility index (Phi) is 4.52. The van der Waals surface area contributed by atoms with Gasteiger partial charge in [-0.1, -0.05) is 12.1 Å². The predicted octanol–water partition coefficient (Wildman–Crippen LogP) is 2.13. The number of hydrogen-bond donors (Lipinski definition) is 4. The lowest BCUT2D eigenvalue weighted by atomic mass is 9.91. The lowest BCUT2D eigenvalue weighted by molar-refractivity contribution is -0.0471. The molecule has 3 rings (SSSR count). The third kappa shape index (κ3) is 2.96. The first kappa shape index (κ1) is 18.4. The highest BCUT2D eigenvalue weighted by Gasteiger charge is 2.27. The highest BCUT2D eigenvalue weighted by atomic mass is 16.3. The second kappa shape index (κ2) is 6.39. The average Bonchev–Trinajstić information content (AvgIpc) is 2.56. The van der Waals surface area contributed by atoms with Crippen LogP contribution in [-0.2, 0) is 13.0 Å². The van der Waals surface area contributed by atoms with Crippen LogP contribution in [-0.4, -0.2) is 32.1 Å². The minimum Gasteiger partial charge on any atom is -0.507 e. The maximum Gasteiger partial charge on any atom is 0.204 e. The Balaban J connectivity index is 2.33. The van der Waals surface area contributed by atoms with Crippen molar-refractivity contribution >= 4 is 21.9 Å². The Morgan fingerprint density at radius 1 is 1.19 bits per heavy atom. The fourth-order valence-corrected chi connectivity index (χ4v) is 3.11. The topological polar surface area (TPSA) is 111 Å². The molecule has 1 atom stereocenters. The van der Waals surface area contributed by atoms with Crippen molar-refractivity contribution in [1.82, 2.24) is 0 Å². The van der Waals surface area contributed by atoms with Crippen molar-refractivity contribution in [2.24, 2.45) is 0 Å². The molecular formula is C20H22O6. The van der Waals surface area contributed by atoms with Crippen molar-refractivity contribution in [3.63, 3.8) is 0 Å². The van der Waals surface area contributed by atoms with Crippen molar-refractivity contribution in [3.05, 3.63) is 51.2 Å². The summed E-state index contributed by atoms with van der Waals surface area (Å²) in [6.07, 6.45) is -1.14. The number of aryl methyl sites for hydroxylation is 1. The summed E-state index contributed by atoms with van der Waals surface area (Å²) in [5.41, 5.74) is 0.190. The van der Waals surface area contributed by atoms with Gasteiger partial charge in [-0.3, -0.25) is 4.79 Å². The van der Waals surface area contributed by atoms with Gasteiger partial charge in [0, 0.05) is 12.0 Å². The Hall–Kier alpha value is -2.41. The van der Waals surface area contributed by atoms with E-state index in [1.807, 2.05) is 0 Å². The third-order valence-electron chi connectivity index (χ3n) is 4.76. The first-order valence-electron chi connectivity index (χ1n) is 8.36. The molecule has 6 nitrogen and oxygen atoms in total. The van der Waals surface area contributed by atoms with Crippen molar-refractivity contribution in [2.45, 2.75) is 45.5 Å². The van der Waals surface area contributed by atoms with E-state index in [0.717, 1.165) is 0 Å². The standard InChI is InChI=1S/C20H22O6/c1-10-7-14-17(18(23)12(10)8-15(22)20(2,3)25)19(24)16-11(9-21)5-4-6-13(16)26-14/h4-7,15,21-23,25H,8-9H2,1-3H3/t15-/m1/s1. The van der Waals surface area contributed by atoms with Gasteiger partial charge < -0.3 is 24.8 Å². The van der Waals surface area contributed by atoms with Crippen LogP contribution in [0.15, 0.2) is 33.5 Å². The lowest BCUT2D eigenvalue weighted by Gasteiger charge is -2.25. The molecule has 0 aliphatic rings. The maximum absolute atomic E-state index is 13.0. The van der Waals surface area contributed by atoms with Crippen LogP contribution < -0.4 is 5.43 Å². The van der Waals surface area contributed by atoms with E-state index in [1.54, 1.807) is 31.2 Å². The van der Waals surface area contributed by atoms with Gasteiger partial charge in [0.1, 0.15) is 22.3 Å². The average molecular weight is 358 g/mol. The van der Waals surface area contributed by atoms with E-state index < -0.39 is 17.1 Å². The minimum absolute atomic E-state index is 0.00180.